The highest BCUT2D eigenvalue weighted by atomic mass is 32.1. The van der Waals surface area contributed by atoms with Crippen LogP contribution in [-0.4, -0.2) is 0 Å². The minimum atomic E-state index is -0.454. The fourth-order valence-electron chi connectivity index (χ4n) is 9.80. The highest BCUT2D eigenvalue weighted by molar-refractivity contribution is 7.26. The summed E-state index contributed by atoms with van der Waals surface area (Å²) in [5, 5.41) is 5.18. The van der Waals surface area contributed by atoms with Gasteiger partial charge < -0.3 is 4.90 Å². The van der Waals surface area contributed by atoms with Crippen LogP contribution in [0.15, 0.2) is 200 Å². The standard InChI is InChI=1S/C53H33NS/c1-2-13-34(14-3-1)35-25-28-37(29-26-35)54(49-23-12-20-43-42-18-8-11-24-50(42)55-52(43)49)38-30-31-41-40-17-6-9-21-45(40)53(48(41)33-38)46-22-10-7-19-44(46)51-39-16-5-4-15-36(39)27-32-47(51)53/h1-33H. The highest BCUT2D eigenvalue weighted by Crippen LogP contribution is 2.64. The molecule has 10 aromatic rings. The first-order chi connectivity index (χ1) is 27.3. The second-order valence-corrected chi connectivity index (χ2v) is 15.8. The van der Waals surface area contributed by atoms with Gasteiger partial charge in [-0.2, -0.15) is 0 Å². The Labute approximate surface area is 324 Å². The minimum absolute atomic E-state index is 0.454. The second-order valence-electron chi connectivity index (χ2n) is 14.8. The average Bonchev–Trinajstić information content (AvgIpc) is 3.89. The molecule has 1 spiro atoms. The monoisotopic (exact) mass is 715 g/mol. The first kappa shape index (κ1) is 30.7. The van der Waals surface area contributed by atoms with E-state index in [1.54, 1.807) is 0 Å². The fraction of sp³-hybridized carbons (Fsp3) is 0.0189. The molecular formula is C53H33NS. The summed E-state index contributed by atoms with van der Waals surface area (Å²) in [5.74, 6) is 0. The number of nitrogens with zero attached hydrogens (tertiary/aromatic N) is 1. The molecule has 12 rings (SSSR count). The molecule has 1 unspecified atom stereocenters. The minimum Gasteiger partial charge on any atom is -0.309 e. The van der Waals surface area contributed by atoms with E-state index in [0.717, 1.165) is 11.4 Å². The molecule has 1 aromatic heterocycles. The highest BCUT2D eigenvalue weighted by Gasteiger charge is 2.52. The molecule has 256 valence electrons. The van der Waals surface area contributed by atoms with E-state index in [4.69, 9.17) is 0 Å². The molecule has 0 bridgehead atoms. The Morgan fingerprint density at radius 3 is 1.87 bits per heavy atom. The van der Waals surface area contributed by atoms with Gasteiger partial charge in [-0.25, -0.2) is 0 Å². The van der Waals surface area contributed by atoms with Crippen LogP contribution in [0.4, 0.5) is 17.1 Å². The topological polar surface area (TPSA) is 3.24 Å². The van der Waals surface area contributed by atoms with Crippen molar-refractivity contribution in [3.8, 4) is 33.4 Å². The van der Waals surface area contributed by atoms with E-state index in [-0.39, 0.29) is 0 Å². The van der Waals surface area contributed by atoms with Crippen LogP contribution >= 0.6 is 11.3 Å². The molecule has 2 aliphatic carbocycles. The zero-order chi connectivity index (χ0) is 36.1. The molecule has 1 atom stereocenters. The van der Waals surface area contributed by atoms with Gasteiger partial charge >= 0.3 is 0 Å². The molecule has 1 heterocycles. The van der Waals surface area contributed by atoms with Gasteiger partial charge in [0.05, 0.1) is 15.8 Å². The summed E-state index contributed by atoms with van der Waals surface area (Å²) in [4.78, 5) is 2.49. The maximum Gasteiger partial charge on any atom is 0.0726 e. The molecule has 2 heteroatoms. The largest absolute Gasteiger partial charge is 0.309 e. The fourth-order valence-corrected chi connectivity index (χ4v) is 11.0. The van der Waals surface area contributed by atoms with Crippen molar-refractivity contribution in [3.63, 3.8) is 0 Å². The Kier molecular flexibility index (Phi) is 6.49. The Hall–Kier alpha value is -6.74. The van der Waals surface area contributed by atoms with Gasteiger partial charge in [0.1, 0.15) is 0 Å². The van der Waals surface area contributed by atoms with Crippen molar-refractivity contribution in [2.24, 2.45) is 0 Å². The summed E-state index contributed by atoms with van der Waals surface area (Å²) in [6.45, 7) is 0. The van der Waals surface area contributed by atoms with Crippen molar-refractivity contribution in [3.05, 3.63) is 222 Å². The lowest BCUT2D eigenvalue weighted by Gasteiger charge is -2.32. The van der Waals surface area contributed by atoms with Gasteiger partial charge in [-0.15, -0.1) is 11.3 Å². The first-order valence-electron chi connectivity index (χ1n) is 19.0. The lowest BCUT2D eigenvalue weighted by molar-refractivity contribution is 0.794. The van der Waals surface area contributed by atoms with Gasteiger partial charge in [0.2, 0.25) is 0 Å². The molecule has 0 fully saturated rings. The van der Waals surface area contributed by atoms with Gasteiger partial charge in [-0.1, -0.05) is 164 Å². The molecule has 9 aromatic carbocycles. The van der Waals surface area contributed by atoms with Crippen LogP contribution < -0.4 is 4.90 Å². The van der Waals surface area contributed by atoms with Crippen LogP contribution in [0, 0.1) is 0 Å². The molecule has 0 radical (unpaired) electrons. The summed E-state index contributed by atoms with van der Waals surface area (Å²) in [6.07, 6.45) is 0. The van der Waals surface area contributed by atoms with Crippen molar-refractivity contribution in [2.45, 2.75) is 5.41 Å². The summed E-state index contributed by atoms with van der Waals surface area (Å²) in [6, 6.07) is 74.5. The predicted octanol–water partition coefficient (Wildman–Crippen LogP) is 14.7. The zero-order valence-corrected chi connectivity index (χ0v) is 30.7. The first-order valence-corrected chi connectivity index (χ1v) is 19.8. The van der Waals surface area contributed by atoms with Crippen molar-refractivity contribution in [1.29, 1.82) is 0 Å². The molecule has 0 amide bonds. The molecule has 0 saturated heterocycles. The van der Waals surface area contributed by atoms with Crippen LogP contribution in [0.5, 0.6) is 0 Å². The van der Waals surface area contributed by atoms with Gasteiger partial charge in [-0.05, 0) is 103 Å². The Morgan fingerprint density at radius 2 is 1.02 bits per heavy atom. The smallest absolute Gasteiger partial charge is 0.0726 e. The van der Waals surface area contributed by atoms with Crippen LogP contribution in [0.1, 0.15) is 22.3 Å². The Morgan fingerprint density at radius 1 is 0.382 bits per heavy atom. The Balaban J connectivity index is 1.14. The van der Waals surface area contributed by atoms with E-state index >= 15 is 0 Å². The number of thiophene rings is 1. The molecule has 0 saturated carbocycles. The van der Waals surface area contributed by atoms with Gasteiger partial charge in [0.15, 0.2) is 0 Å². The van der Waals surface area contributed by atoms with E-state index < -0.39 is 5.41 Å². The van der Waals surface area contributed by atoms with Crippen molar-refractivity contribution in [1.82, 2.24) is 0 Å². The quantitative estimate of drug-likeness (QED) is 0.175. The molecule has 0 aliphatic heterocycles. The van der Waals surface area contributed by atoms with Crippen molar-refractivity contribution in [2.75, 3.05) is 4.90 Å². The number of fused-ring (bicyclic) bond motifs is 15. The van der Waals surface area contributed by atoms with E-state index in [1.807, 2.05) is 11.3 Å². The zero-order valence-electron chi connectivity index (χ0n) is 29.9. The lowest BCUT2D eigenvalue weighted by atomic mass is 9.70. The van der Waals surface area contributed by atoms with Crippen LogP contribution in [0.3, 0.4) is 0 Å². The third-order valence-corrected chi connectivity index (χ3v) is 13.3. The number of hydrogen-bond acceptors (Lipinski definition) is 2. The summed E-state index contributed by atoms with van der Waals surface area (Å²) >= 11 is 1.88. The van der Waals surface area contributed by atoms with Crippen molar-refractivity contribution >= 4 is 59.3 Å². The maximum atomic E-state index is 2.51. The molecule has 1 nitrogen and oxygen atoms in total. The number of hydrogen-bond donors (Lipinski definition) is 0. The van der Waals surface area contributed by atoms with Crippen LogP contribution in [0.25, 0.3) is 64.3 Å². The number of rotatable bonds is 4. The molecule has 55 heavy (non-hydrogen) atoms. The van der Waals surface area contributed by atoms with Crippen molar-refractivity contribution < 1.29 is 0 Å². The summed E-state index contributed by atoms with van der Waals surface area (Å²) in [5.41, 5.74) is 16.1. The van der Waals surface area contributed by atoms with E-state index in [2.05, 4.69) is 205 Å². The summed E-state index contributed by atoms with van der Waals surface area (Å²) in [7, 11) is 0. The summed E-state index contributed by atoms with van der Waals surface area (Å²) < 4.78 is 2.59. The average molecular weight is 716 g/mol. The van der Waals surface area contributed by atoms with Gasteiger partial charge in [0.25, 0.3) is 0 Å². The lowest BCUT2D eigenvalue weighted by Crippen LogP contribution is -2.26. The van der Waals surface area contributed by atoms with Crippen LogP contribution in [-0.2, 0) is 5.41 Å². The third-order valence-electron chi connectivity index (χ3n) is 12.1. The van der Waals surface area contributed by atoms with Gasteiger partial charge in [0, 0.05) is 26.8 Å². The number of benzene rings is 9. The van der Waals surface area contributed by atoms with E-state index in [9.17, 15) is 0 Å². The van der Waals surface area contributed by atoms with E-state index in [1.165, 1.54) is 92.3 Å². The van der Waals surface area contributed by atoms with Crippen LogP contribution in [0.2, 0.25) is 0 Å². The SMILES string of the molecule is c1ccc(-c2ccc(N(c3ccc4c(c3)C3(c5ccccc5-4)c4ccccc4-c4c3ccc3ccccc43)c3cccc4c3sc3ccccc34)cc2)cc1. The van der Waals surface area contributed by atoms with E-state index in [0.29, 0.717) is 0 Å². The van der Waals surface area contributed by atoms with Gasteiger partial charge in [-0.3, -0.25) is 0 Å². The molecule has 0 N–H and O–H groups in total. The molecular weight excluding hydrogens is 683 g/mol. The number of anilines is 3. The molecule has 2 aliphatic rings. The second kappa shape index (κ2) is 11.6. The maximum absolute atomic E-state index is 2.51. The third kappa shape index (κ3) is 4.23. The predicted molar refractivity (Wildman–Crippen MR) is 233 cm³/mol. The Bertz CT molecular complexity index is 3160. The normalized spacial score (nSPS) is 15.0.